The van der Waals surface area contributed by atoms with Gasteiger partial charge in [0.1, 0.15) is 16.9 Å². The molecule has 1 aromatic heterocycles. The number of ether oxygens (including phenoxy) is 1. The average molecular weight is 385 g/mol. The van der Waals surface area contributed by atoms with Crippen LogP contribution in [0.3, 0.4) is 0 Å². The van der Waals surface area contributed by atoms with Gasteiger partial charge in [-0.15, -0.1) is 0 Å². The lowest BCUT2D eigenvalue weighted by Crippen LogP contribution is -2.29. The maximum absolute atomic E-state index is 13.2. The lowest BCUT2D eigenvalue weighted by atomic mass is 9.94. The molecule has 4 aromatic rings. The highest BCUT2D eigenvalue weighted by molar-refractivity contribution is 6.26. The summed E-state index contributed by atoms with van der Waals surface area (Å²) in [5, 5.41) is 1.78. The Balaban J connectivity index is 1.72. The summed E-state index contributed by atoms with van der Waals surface area (Å²) < 4.78 is 11.4. The Labute approximate surface area is 167 Å². The molecule has 0 saturated carbocycles. The van der Waals surface area contributed by atoms with Crippen LogP contribution in [0.25, 0.3) is 21.9 Å². The normalized spacial score (nSPS) is 13.6. The van der Waals surface area contributed by atoms with Gasteiger partial charge in [-0.3, -0.25) is 14.5 Å². The van der Waals surface area contributed by atoms with Crippen LogP contribution in [0.15, 0.2) is 52.9 Å². The maximum atomic E-state index is 13.2. The molecular weight excluding hydrogens is 366 g/mol. The first-order chi connectivity index (χ1) is 14.0. The van der Waals surface area contributed by atoms with Crippen LogP contribution >= 0.6 is 0 Å². The fourth-order valence-electron chi connectivity index (χ4n) is 4.26. The van der Waals surface area contributed by atoms with Crippen molar-refractivity contribution in [1.82, 2.24) is 4.90 Å². The van der Waals surface area contributed by atoms with Crippen LogP contribution < -0.4 is 4.74 Å². The molecule has 5 heteroatoms. The van der Waals surface area contributed by atoms with Gasteiger partial charge in [-0.1, -0.05) is 30.3 Å². The molecule has 29 heavy (non-hydrogen) atoms. The van der Waals surface area contributed by atoms with Crippen LogP contribution in [-0.2, 0) is 6.54 Å². The van der Waals surface area contributed by atoms with Crippen molar-refractivity contribution in [2.45, 2.75) is 20.4 Å². The molecule has 2 heterocycles. The van der Waals surface area contributed by atoms with E-state index in [-0.39, 0.29) is 18.4 Å². The third-order valence-electron chi connectivity index (χ3n) is 5.71. The highest BCUT2D eigenvalue weighted by Gasteiger charge is 2.40. The number of fused-ring (bicyclic) bond motifs is 4. The van der Waals surface area contributed by atoms with Crippen LogP contribution in [0.5, 0.6) is 5.75 Å². The number of methoxy groups -OCH3 is 1. The summed E-state index contributed by atoms with van der Waals surface area (Å²) in [6, 6.07) is 15.2. The zero-order valence-electron chi connectivity index (χ0n) is 16.4. The number of hydrogen-bond acceptors (Lipinski definition) is 4. The molecule has 0 unspecified atom stereocenters. The number of carbonyl (C=O) groups is 2. The van der Waals surface area contributed by atoms with Crippen molar-refractivity contribution < 1.29 is 18.7 Å². The van der Waals surface area contributed by atoms with Gasteiger partial charge in [0.25, 0.3) is 11.8 Å². The van der Waals surface area contributed by atoms with E-state index in [4.69, 9.17) is 9.15 Å². The summed E-state index contributed by atoms with van der Waals surface area (Å²) >= 11 is 0. The van der Waals surface area contributed by atoms with Crippen molar-refractivity contribution in [3.63, 3.8) is 0 Å². The molecule has 144 valence electrons. The van der Waals surface area contributed by atoms with Crippen molar-refractivity contribution in [3.05, 3.63) is 76.3 Å². The van der Waals surface area contributed by atoms with Crippen LogP contribution in [-0.4, -0.2) is 23.8 Å². The molecule has 0 aliphatic carbocycles. The lowest BCUT2D eigenvalue weighted by Gasteiger charge is -2.13. The Morgan fingerprint density at radius 2 is 1.62 bits per heavy atom. The van der Waals surface area contributed by atoms with E-state index < -0.39 is 0 Å². The predicted octanol–water partition coefficient (Wildman–Crippen LogP) is 5.01. The predicted molar refractivity (Wildman–Crippen MR) is 110 cm³/mol. The minimum atomic E-state index is -0.269. The molecule has 0 spiro atoms. The Hall–Kier alpha value is -3.60. The smallest absolute Gasteiger partial charge is 0.262 e. The molecule has 2 amide bonds. The summed E-state index contributed by atoms with van der Waals surface area (Å²) in [4.78, 5) is 27.8. The minimum absolute atomic E-state index is 0.251. The first-order valence-electron chi connectivity index (χ1n) is 9.44. The Morgan fingerprint density at radius 1 is 0.931 bits per heavy atom. The Bertz CT molecular complexity index is 1320. The van der Waals surface area contributed by atoms with Gasteiger partial charge in [0, 0.05) is 22.4 Å². The van der Waals surface area contributed by atoms with E-state index in [1.54, 1.807) is 7.11 Å². The topological polar surface area (TPSA) is 59.8 Å². The third kappa shape index (κ3) is 2.40. The van der Waals surface area contributed by atoms with Gasteiger partial charge in [-0.25, -0.2) is 0 Å². The monoisotopic (exact) mass is 385 g/mol. The number of rotatable bonds is 3. The Morgan fingerprint density at radius 3 is 2.31 bits per heavy atom. The molecule has 3 aromatic carbocycles. The standard InChI is InChI=1S/C24H19NO4/c1-13-19-17-10-9-16(28-3)11-18(17)29-22(19)14(2)21-20(13)23(26)25(24(21)27)12-15-7-5-4-6-8-15/h4-11H,12H2,1-3H3. The second-order valence-corrected chi connectivity index (χ2v) is 7.35. The van der Waals surface area contributed by atoms with Gasteiger partial charge >= 0.3 is 0 Å². The number of furan rings is 1. The molecule has 5 rings (SSSR count). The summed E-state index contributed by atoms with van der Waals surface area (Å²) in [5.74, 6) is 0.175. The zero-order valence-corrected chi connectivity index (χ0v) is 16.4. The number of carbonyl (C=O) groups excluding carboxylic acids is 2. The largest absolute Gasteiger partial charge is 0.497 e. The van der Waals surface area contributed by atoms with Gasteiger partial charge < -0.3 is 9.15 Å². The first kappa shape index (κ1) is 17.5. The Kier molecular flexibility index (Phi) is 3.74. The van der Waals surface area contributed by atoms with E-state index in [0.717, 1.165) is 21.9 Å². The molecule has 0 fully saturated rings. The van der Waals surface area contributed by atoms with Crippen LogP contribution in [0.4, 0.5) is 0 Å². The molecule has 0 bridgehead atoms. The molecule has 0 radical (unpaired) electrons. The molecule has 1 aliphatic rings. The number of aryl methyl sites for hydroxylation is 2. The molecule has 0 atom stereocenters. The van der Waals surface area contributed by atoms with Gasteiger partial charge in [0.15, 0.2) is 0 Å². The van der Waals surface area contributed by atoms with Crippen molar-refractivity contribution in [1.29, 1.82) is 0 Å². The van der Waals surface area contributed by atoms with Crippen LogP contribution in [0, 0.1) is 13.8 Å². The number of amides is 2. The fraction of sp³-hybridized carbons (Fsp3) is 0.167. The van der Waals surface area contributed by atoms with E-state index in [1.807, 2.05) is 62.4 Å². The quantitative estimate of drug-likeness (QED) is 0.465. The first-order valence-corrected chi connectivity index (χ1v) is 9.44. The minimum Gasteiger partial charge on any atom is -0.497 e. The summed E-state index contributed by atoms with van der Waals surface area (Å²) in [6.07, 6.45) is 0. The number of benzene rings is 3. The van der Waals surface area contributed by atoms with E-state index in [9.17, 15) is 9.59 Å². The van der Waals surface area contributed by atoms with E-state index in [0.29, 0.717) is 33.6 Å². The summed E-state index contributed by atoms with van der Waals surface area (Å²) in [7, 11) is 1.60. The summed E-state index contributed by atoms with van der Waals surface area (Å²) in [5.41, 5.74) is 4.64. The lowest BCUT2D eigenvalue weighted by molar-refractivity contribution is 0.0642. The van der Waals surface area contributed by atoms with Gasteiger partial charge in [0.2, 0.25) is 0 Å². The molecule has 5 nitrogen and oxygen atoms in total. The zero-order chi connectivity index (χ0) is 20.3. The van der Waals surface area contributed by atoms with Gasteiger partial charge in [0.05, 0.1) is 24.8 Å². The van der Waals surface area contributed by atoms with Crippen molar-refractivity contribution in [2.24, 2.45) is 0 Å². The number of hydrogen-bond donors (Lipinski definition) is 0. The van der Waals surface area contributed by atoms with E-state index >= 15 is 0 Å². The number of imide groups is 1. The van der Waals surface area contributed by atoms with Crippen molar-refractivity contribution in [2.75, 3.05) is 7.11 Å². The number of nitrogens with zero attached hydrogens (tertiary/aromatic N) is 1. The average Bonchev–Trinajstić information content (AvgIpc) is 3.24. The van der Waals surface area contributed by atoms with E-state index in [2.05, 4.69) is 0 Å². The third-order valence-corrected chi connectivity index (χ3v) is 5.71. The van der Waals surface area contributed by atoms with Crippen LogP contribution in [0.2, 0.25) is 0 Å². The highest BCUT2D eigenvalue weighted by Crippen LogP contribution is 2.41. The molecule has 1 aliphatic heterocycles. The maximum Gasteiger partial charge on any atom is 0.262 e. The second-order valence-electron chi connectivity index (χ2n) is 7.35. The van der Waals surface area contributed by atoms with Crippen molar-refractivity contribution in [3.8, 4) is 5.75 Å². The van der Waals surface area contributed by atoms with Gasteiger partial charge in [-0.2, -0.15) is 0 Å². The molecule has 0 N–H and O–H groups in total. The summed E-state index contributed by atoms with van der Waals surface area (Å²) in [6.45, 7) is 3.99. The van der Waals surface area contributed by atoms with E-state index in [1.165, 1.54) is 4.90 Å². The van der Waals surface area contributed by atoms with Crippen molar-refractivity contribution >= 4 is 33.8 Å². The SMILES string of the molecule is COc1ccc2c(c1)oc1c(C)c3c(c(C)c12)C(=O)N(Cc1ccccc1)C3=O. The molecular formula is C24H19NO4. The fourth-order valence-corrected chi connectivity index (χ4v) is 4.26. The second kappa shape index (κ2) is 6.21. The molecule has 0 saturated heterocycles. The van der Waals surface area contributed by atoms with Crippen LogP contribution in [0.1, 0.15) is 37.4 Å². The van der Waals surface area contributed by atoms with Gasteiger partial charge in [-0.05, 0) is 37.1 Å². The highest BCUT2D eigenvalue weighted by atomic mass is 16.5.